The van der Waals surface area contributed by atoms with Gasteiger partial charge in [-0.3, -0.25) is 0 Å². The number of nitrogens with one attached hydrogen (secondary N) is 1. The summed E-state index contributed by atoms with van der Waals surface area (Å²) in [5, 5.41) is 2.90. The number of benzene rings is 3. The van der Waals surface area contributed by atoms with Crippen LogP contribution >= 0.6 is 0 Å². The van der Waals surface area contributed by atoms with Crippen LogP contribution in [-0.2, 0) is 14.0 Å². The summed E-state index contributed by atoms with van der Waals surface area (Å²) < 4.78 is 18.3. The van der Waals surface area contributed by atoms with E-state index in [4.69, 9.17) is 19.8 Å². The van der Waals surface area contributed by atoms with Crippen LogP contribution in [0.25, 0.3) is 17.2 Å². The number of fused-ring (bicyclic) bond motifs is 3. The predicted octanol–water partition coefficient (Wildman–Crippen LogP) is 5.82. The lowest BCUT2D eigenvalue weighted by Crippen LogP contribution is -2.41. The number of hydrogen-bond donors (Lipinski definition) is 2. The first kappa shape index (κ1) is 25.1. The standard InChI is InChI=1S/C30H33BN2O4/c1-29(2)30(3,4)37-31(36-29)21(16-20-10-9-11-22(32)17-20)18-33-28(34)35-19-27-25-14-7-5-12-23(25)24-13-6-8-15-26(24)27/h5-17,27H,18-19,32H2,1-4H3,(H,33,34). The van der Waals surface area contributed by atoms with Crippen LogP contribution in [0.5, 0.6) is 0 Å². The summed E-state index contributed by atoms with van der Waals surface area (Å²) in [7, 11) is -0.611. The summed E-state index contributed by atoms with van der Waals surface area (Å²) in [6, 6.07) is 24.1. The second kappa shape index (κ2) is 9.73. The Kier molecular flexibility index (Phi) is 6.60. The van der Waals surface area contributed by atoms with Crippen molar-refractivity contribution in [3.63, 3.8) is 0 Å². The molecule has 0 spiro atoms. The van der Waals surface area contributed by atoms with Crippen molar-refractivity contribution in [2.45, 2.75) is 44.8 Å². The molecule has 7 heteroatoms. The van der Waals surface area contributed by atoms with Gasteiger partial charge in [-0.1, -0.05) is 66.7 Å². The summed E-state index contributed by atoms with van der Waals surface area (Å²) in [6.07, 6.45) is 1.46. The van der Waals surface area contributed by atoms with Crippen LogP contribution in [0, 0.1) is 0 Å². The van der Waals surface area contributed by atoms with E-state index in [1.807, 2.05) is 82.3 Å². The van der Waals surface area contributed by atoms with Gasteiger partial charge in [0.25, 0.3) is 0 Å². The van der Waals surface area contributed by atoms with Crippen LogP contribution in [0.15, 0.2) is 78.3 Å². The molecule has 1 heterocycles. The quantitative estimate of drug-likeness (QED) is 0.332. The molecule has 6 nitrogen and oxygen atoms in total. The summed E-state index contributed by atoms with van der Waals surface area (Å²) >= 11 is 0. The lowest BCUT2D eigenvalue weighted by atomic mass is 9.77. The highest BCUT2D eigenvalue weighted by Gasteiger charge is 2.52. The van der Waals surface area contributed by atoms with E-state index in [1.165, 1.54) is 22.3 Å². The molecular formula is C30H33BN2O4. The molecule has 1 amide bonds. The molecule has 37 heavy (non-hydrogen) atoms. The topological polar surface area (TPSA) is 82.8 Å². The second-order valence-corrected chi connectivity index (χ2v) is 10.7. The van der Waals surface area contributed by atoms with Crippen molar-refractivity contribution in [3.8, 4) is 11.1 Å². The van der Waals surface area contributed by atoms with Gasteiger partial charge >= 0.3 is 13.2 Å². The van der Waals surface area contributed by atoms with Crippen molar-refractivity contribution in [2.24, 2.45) is 0 Å². The molecule has 2 aliphatic rings. The molecular weight excluding hydrogens is 463 g/mol. The number of ether oxygens (including phenoxy) is 1. The number of hydrogen-bond acceptors (Lipinski definition) is 5. The van der Waals surface area contributed by atoms with Gasteiger partial charge in [-0.25, -0.2) is 4.79 Å². The van der Waals surface area contributed by atoms with E-state index in [-0.39, 0.29) is 19.1 Å². The highest BCUT2D eigenvalue weighted by atomic mass is 16.7. The van der Waals surface area contributed by atoms with Crippen LogP contribution in [-0.4, -0.2) is 37.6 Å². The maximum absolute atomic E-state index is 12.8. The van der Waals surface area contributed by atoms with Crippen LogP contribution in [0.3, 0.4) is 0 Å². The average molecular weight is 496 g/mol. The van der Waals surface area contributed by atoms with Gasteiger partial charge < -0.3 is 25.1 Å². The zero-order valence-electron chi connectivity index (χ0n) is 21.8. The van der Waals surface area contributed by atoms with E-state index < -0.39 is 24.4 Å². The van der Waals surface area contributed by atoms with E-state index >= 15 is 0 Å². The monoisotopic (exact) mass is 496 g/mol. The van der Waals surface area contributed by atoms with Gasteiger partial charge in [-0.05, 0) is 73.1 Å². The Morgan fingerprint density at radius 2 is 1.54 bits per heavy atom. The number of rotatable bonds is 6. The molecule has 1 fully saturated rings. The van der Waals surface area contributed by atoms with Crippen molar-refractivity contribution < 1.29 is 18.8 Å². The molecule has 1 saturated heterocycles. The van der Waals surface area contributed by atoms with Crippen LogP contribution in [0.1, 0.15) is 50.3 Å². The molecule has 1 aliphatic heterocycles. The highest BCUT2D eigenvalue weighted by molar-refractivity contribution is 6.56. The molecule has 0 radical (unpaired) electrons. The van der Waals surface area contributed by atoms with Crippen molar-refractivity contribution in [2.75, 3.05) is 18.9 Å². The molecule has 3 N–H and O–H groups in total. The molecule has 0 unspecified atom stereocenters. The number of nitrogens with two attached hydrogens (primary N) is 1. The minimum Gasteiger partial charge on any atom is -0.449 e. The number of amides is 1. The summed E-state index contributed by atoms with van der Waals surface area (Å²) in [4.78, 5) is 12.8. The maximum Gasteiger partial charge on any atom is 0.492 e. The van der Waals surface area contributed by atoms with Gasteiger partial charge in [-0.15, -0.1) is 0 Å². The van der Waals surface area contributed by atoms with Crippen LogP contribution in [0.2, 0.25) is 0 Å². The Balaban J connectivity index is 1.29. The third-order valence-corrected chi connectivity index (χ3v) is 7.60. The Hall–Kier alpha value is -3.55. The first-order valence-electron chi connectivity index (χ1n) is 12.7. The molecule has 0 saturated carbocycles. The average Bonchev–Trinajstić information content (AvgIpc) is 3.29. The Labute approximate surface area is 219 Å². The fraction of sp³-hybridized carbons (Fsp3) is 0.300. The normalized spacial score (nSPS) is 17.8. The van der Waals surface area contributed by atoms with Gasteiger partial charge in [0, 0.05) is 18.2 Å². The lowest BCUT2D eigenvalue weighted by Gasteiger charge is -2.32. The SMILES string of the molecule is CC1(C)OB(C(=Cc2cccc(N)c2)CNC(=O)OCC2c3ccccc3-c3ccccc32)OC1(C)C. The van der Waals surface area contributed by atoms with E-state index in [0.717, 1.165) is 11.0 Å². The number of carbonyl (C=O) groups is 1. The maximum atomic E-state index is 12.8. The van der Waals surface area contributed by atoms with Gasteiger partial charge in [0.2, 0.25) is 0 Å². The largest absolute Gasteiger partial charge is 0.492 e. The molecule has 0 aromatic heterocycles. The third-order valence-electron chi connectivity index (χ3n) is 7.60. The fourth-order valence-corrected chi connectivity index (χ4v) is 4.88. The number of carbonyl (C=O) groups excluding carboxylic acids is 1. The van der Waals surface area contributed by atoms with Gasteiger partial charge in [0.1, 0.15) is 6.61 Å². The van der Waals surface area contributed by atoms with E-state index in [0.29, 0.717) is 5.69 Å². The van der Waals surface area contributed by atoms with Gasteiger partial charge in [-0.2, -0.15) is 0 Å². The first-order valence-corrected chi connectivity index (χ1v) is 12.7. The Morgan fingerprint density at radius 1 is 0.946 bits per heavy atom. The Morgan fingerprint density at radius 3 is 2.14 bits per heavy atom. The zero-order valence-corrected chi connectivity index (χ0v) is 21.8. The van der Waals surface area contributed by atoms with Gasteiger partial charge in [0.05, 0.1) is 11.2 Å². The van der Waals surface area contributed by atoms with Crippen LogP contribution < -0.4 is 11.1 Å². The van der Waals surface area contributed by atoms with E-state index in [2.05, 4.69) is 29.6 Å². The zero-order chi connectivity index (χ0) is 26.2. The minimum absolute atomic E-state index is 0.00329. The second-order valence-electron chi connectivity index (χ2n) is 10.7. The molecule has 0 bridgehead atoms. The minimum atomic E-state index is -0.611. The molecule has 1 aliphatic carbocycles. The van der Waals surface area contributed by atoms with E-state index in [9.17, 15) is 4.79 Å². The molecule has 3 aromatic rings. The predicted molar refractivity (Wildman–Crippen MR) is 148 cm³/mol. The van der Waals surface area contributed by atoms with Crippen molar-refractivity contribution in [1.29, 1.82) is 0 Å². The smallest absolute Gasteiger partial charge is 0.449 e. The van der Waals surface area contributed by atoms with Crippen molar-refractivity contribution >= 4 is 25.0 Å². The molecule has 0 atom stereocenters. The lowest BCUT2D eigenvalue weighted by molar-refractivity contribution is 0.00578. The summed E-state index contributed by atoms with van der Waals surface area (Å²) in [6.45, 7) is 8.48. The van der Waals surface area contributed by atoms with Crippen molar-refractivity contribution in [3.05, 3.63) is 95.0 Å². The third kappa shape index (κ3) is 5.02. The summed E-state index contributed by atoms with van der Waals surface area (Å²) in [5.41, 5.74) is 12.1. The summed E-state index contributed by atoms with van der Waals surface area (Å²) in [5.74, 6) is 0.00329. The highest BCUT2D eigenvalue weighted by Crippen LogP contribution is 2.44. The Bertz CT molecular complexity index is 1290. The van der Waals surface area contributed by atoms with Crippen LogP contribution in [0.4, 0.5) is 10.5 Å². The first-order chi connectivity index (χ1) is 17.6. The molecule has 5 rings (SSSR count). The number of anilines is 1. The fourth-order valence-electron chi connectivity index (χ4n) is 4.88. The number of alkyl carbamates (subject to hydrolysis) is 1. The van der Waals surface area contributed by atoms with E-state index in [1.54, 1.807) is 0 Å². The van der Waals surface area contributed by atoms with Gasteiger partial charge in [0.15, 0.2) is 0 Å². The van der Waals surface area contributed by atoms with Crippen molar-refractivity contribution in [1.82, 2.24) is 5.32 Å². The molecule has 3 aromatic carbocycles. The molecule has 190 valence electrons. The number of nitrogen functional groups attached to an aromatic ring is 1.